The maximum Gasteiger partial charge on any atom is 0.222 e. The van der Waals surface area contributed by atoms with E-state index in [-0.39, 0.29) is 11.8 Å². The largest absolute Gasteiger partial charge is 0.378 e. The second kappa shape index (κ2) is 5.32. The number of hydrogen-bond acceptors (Lipinski definition) is 3. The summed E-state index contributed by atoms with van der Waals surface area (Å²) in [4.78, 5) is 13.5. The average molecular weight is 200 g/mol. The number of carbonyl (C=O) groups excluding carboxylic acids is 1. The van der Waals surface area contributed by atoms with E-state index >= 15 is 0 Å². The molecule has 14 heavy (non-hydrogen) atoms. The van der Waals surface area contributed by atoms with E-state index < -0.39 is 0 Å². The van der Waals surface area contributed by atoms with Gasteiger partial charge in [-0.3, -0.25) is 9.69 Å². The zero-order chi connectivity index (χ0) is 10.6. The minimum atomic E-state index is 0.0600. The molecule has 0 aromatic heterocycles. The highest BCUT2D eigenvalue weighted by Gasteiger charge is 2.20. The first-order valence-corrected chi connectivity index (χ1v) is 5.17. The van der Waals surface area contributed by atoms with E-state index in [0.717, 1.165) is 19.8 Å². The summed E-state index contributed by atoms with van der Waals surface area (Å²) in [6.45, 7) is 6.95. The standard InChI is InChI=1S/C10H20N2O2/c1-8(2)10(13)11-6-9-7-14-5-4-12(9)3/h8-9H,4-7H2,1-3H3,(H,11,13). The summed E-state index contributed by atoms with van der Waals surface area (Å²) >= 11 is 0. The predicted molar refractivity (Wildman–Crippen MR) is 55.1 cm³/mol. The topological polar surface area (TPSA) is 41.6 Å². The summed E-state index contributed by atoms with van der Waals surface area (Å²) < 4.78 is 5.35. The first kappa shape index (κ1) is 11.5. The molecule has 1 N–H and O–H groups in total. The number of morpholine rings is 1. The number of hydrogen-bond donors (Lipinski definition) is 1. The van der Waals surface area contributed by atoms with Crippen LogP contribution in [0.3, 0.4) is 0 Å². The van der Waals surface area contributed by atoms with Gasteiger partial charge < -0.3 is 10.1 Å². The van der Waals surface area contributed by atoms with Crippen molar-refractivity contribution in [3.8, 4) is 0 Å². The fourth-order valence-electron chi connectivity index (χ4n) is 1.38. The van der Waals surface area contributed by atoms with Crippen LogP contribution in [0.5, 0.6) is 0 Å². The molecule has 0 bridgehead atoms. The molecule has 1 saturated heterocycles. The van der Waals surface area contributed by atoms with Gasteiger partial charge in [-0.25, -0.2) is 0 Å². The predicted octanol–water partition coefficient (Wildman–Crippen LogP) is 0.0892. The second-order valence-corrected chi connectivity index (χ2v) is 4.11. The number of rotatable bonds is 3. The third-order valence-electron chi connectivity index (χ3n) is 2.56. The number of nitrogens with one attached hydrogen (secondary N) is 1. The molecule has 4 nitrogen and oxygen atoms in total. The summed E-state index contributed by atoms with van der Waals surface area (Å²) in [5, 5.41) is 2.92. The number of amides is 1. The molecule has 0 aromatic rings. The molecule has 0 saturated carbocycles. The van der Waals surface area contributed by atoms with E-state index in [1.807, 2.05) is 13.8 Å². The molecule has 4 heteroatoms. The van der Waals surface area contributed by atoms with Crippen molar-refractivity contribution >= 4 is 5.91 Å². The van der Waals surface area contributed by atoms with Crippen LogP contribution in [0.1, 0.15) is 13.8 Å². The van der Waals surface area contributed by atoms with Crippen LogP contribution in [-0.2, 0) is 9.53 Å². The molecule has 0 aromatic carbocycles. The van der Waals surface area contributed by atoms with Crippen molar-refractivity contribution in [2.45, 2.75) is 19.9 Å². The van der Waals surface area contributed by atoms with Gasteiger partial charge in [0.05, 0.1) is 19.3 Å². The number of carbonyl (C=O) groups is 1. The lowest BCUT2D eigenvalue weighted by atomic mass is 10.2. The Kier molecular flexibility index (Phi) is 4.35. The van der Waals surface area contributed by atoms with Gasteiger partial charge in [-0.15, -0.1) is 0 Å². The maximum atomic E-state index is 11.3. The Morgan fingerprint density at radius 1 is 1.64 bits per heavy atom. The van der Waals surface area contributed by atoms with Crippen LogP contribution in [0.4, 0.5) is 0 Å². The lowest BCUT2D eigenvalue weighted by Gasteiger charge is -2.32. The van der Waals surface area contributed by atoms with Crippen LogP contribution in [0.15, 0.2) is 0 Å². The summed E-state index contributed by atoms with van der Waals surface area (Å²) in [6, 6.07) is 0.325. The van der Waals surface area contributed by atoms with Gasteiger partial charge in [0, 0.05) is 19.0 Å². The first-order valence-electron chi connectivity index (χ1n) is 5.17. The molecule has 1 aliphatic heterocycles. The van der Waals surface area contributed by atoms with E-state index in [9.17, 15) is 4.79 Å². The highest BCUT2D eigenvalue weighted by molar-refractivity contribution is 5.77. The van der Waals surface area contributed by atoms with Crippen LogP contribution in [-0.4, -0.2) is 50.2 Å². The SMILES string of the molecule is CC(C)C(=O)NCC1COCCN1C. The molecule has 1 heterocycles. The fraction of sp³-hybridized carbons (Fsp3) is 0.900. The second-order valence-electron chi connectivity index (χ2n) is 4.11. The van der Waals surface area contributed by atoms with Gasteiger partial charge in [-0.05, 0) is 7.05 Å². The quantitative estimate of drug-likeness (QED) is 0.702. The molecular formula is C10H20N2O2. The summed E-state index contributed by atoms with van der Waals surface area (Å²) in [6.07, 6.45) is 0. The molecular weight excluding hydrogens is 180 g/mol. The van der Waals surface area contributed by atoms with Crippen LogP contribution < -0.4 is 5.32 Å². The van der Waals surface area contributed by atoms with E-state index in [1.54, 1.807) is 0 Å². The Morgan fingerprint density at radius 2 is 2.36 bits per heavy atom. The molecule has 1 rings (SSSR count). The van der Waals surface area contributed by atoms with Crippen LogP contribution in [0.25, 0.3) is 0 Å². The Bertz CT molecular complexity index is 195. The van der Waals surface area contributed by atoms with E-state index in [4.69, 9.17) is 4.74 Å². The molecule has 0 aliphatic carbocycles. The highest BCUT2D eigenvalue weighted by Crippen LogP contribution is 2.02. The lowest BCUT2D eigenvalue weighted by Crippen LogP contribution is -2.49. The third kappa shape index (κ3) is 3.27. The minimum Gasteiger partial charge on any atom is -0.378 e. The van der Waals surface area contributed by atoms with Crippen molar-refractivity contribution in [3.63, 3.8) is 0 Å². The number of nitrogens with zero attached hydrogens (tertiary/aromatic N) is 1. The molecule has 0 radical (unpaired) electrons. The van der Waals surface area contributed by atoms with Gasteiger partial charge in [0.1, 0.15) is 0 Å². The van der Waals surface area contributed by atoms with E-state index in [1.165, 1.54) is 0 Å². The highest BCUT2D eigenvalue weighted by atomic mass is 16.5. The van der Waals surface area contributed by atoms with Gasteiger partial charge in [0.25, 0.3) is 0 Å². The van der Waals surface area contributed by atoms with Crippen molar-refractivity contribution in [3.05, 3.63) is 0 Å². The molecule has 0 spiro atoms. The Balaban J connectivity index is 2.26. The van der Waals surface area contributed by atoms with Crippen LogP contribution in [0.2, 0.25) is 0 Å². The zero-order valence-electron chi connectivity index (χ0n) is 9.25. The number of likely N-dealkylation sites (N-methyl/N-ethyl adjacent to an activating group) is 1. The Labute approximate surface area is 85.6 Å². The zero-order valence-corrected chi connectivity index (χ0v) is 9.25. The normalized spacial score (nSPS) is 23.9. The summed E-state index contributed by atoms with van der Waals surface area (Å²) in [5.41, 5.74) is 0. The van der Waals surface area contributed by atoms with Gasteiger partial charge in [-0.2, -0.15) is 0 Å². The molecule has 1 unspecified atom stereocenters. The van der Waals surface area contributed by atoms with Crippen molar-refractivity contribution in [1.29, 1.82) is 0 Å². The monoisotopic (exact) mass is 200 g/mol. The molecule has 1 aliphatic rings. The van der Waals surface area contributed by atoms with Crippen molar-refractivity contribution < 1.29 is 9.53 Å². The Hall–Kier alpha value is -0.610. The van der Waals surface area contributed by atoms with Crippen LogP contribution in [0, 0.1) is 5.92 Å². The van der Waals surface area contributed by atoms with Crippen molar-refractivity contribution in [1.82, 2.24) is 10.2 Å². The van der Waals surface area contributed by atoms with E-state index in [0.29, 0.717) is 12.6 Å². The number of ether oxygens (including phenoxy) is 1. The summed E-state index contributed by atoms with van der Waals surface area (Å²) in [5.74, 6) is 0.175. The van der Waals surface area contributed by atoms with Gasteiger partial charge in [0.15, 0.2) is 0 Å². The van der Waals surface area contributed by atoms with Crippen molar-refractivity contribution in [2.75, 3.05) is 33.4 Å². The molecule has 82 valence electrons. The maximum absolute atomic E-state index is 11.3. The molecule has 1 fully saturated rings. The third-order valence-corrected chi connectivity index (χ3v) is 2.56. The van der Waals surface area contributed by atoms with E-state index in [2.05, 4.69) is 17.3 Å². The minimum absolute atomic E-state index is 0.0600. The average Bonchev–Trinajstić information content (AvgIpc) is 2.16. The smallest absolute Gasteiger partial charge is 0.222 e. The first-order chi connectivity index (χ1) is 6.61. The van der Waals surface area contributed by atoms with Crippen molar-refractivity contribution in [2.24, 2.45) is 5.92 Å². The lowest BCUT2D eigenvalue weighted by molar-refractivity contribution is -0.124. The molecule has 1 atom stereocenters. The summed E-state index contributed by atoms with van der Waals surface area (Å²) in [7, 11) is 2.06. The van der Waals surface area contributed by atoms with Gasteiger partial charge in [-0.1, -0.05) is 13.8 Å². The Morgan fingerprint density at radius 3 is 2.93 bits per heavy atom. The van der Waals surface area contributed by atoms with Gasteiger partial charge >= 0.3 is 0 Å². The van der Waals surface area contributed by atoms with Crippen LogP contribution >= 0.6 is 0 Å². The van der Waals surface area contributed by atoms with Gasteiger partial charge in [0.2, 0.25) is 5.91 Å². The fourth-order valence-corrected chi connectivity index (χ4v) is 1.38. The molecule has 1 amide bonds.